The molecule has 2 aromatic carbocycles. The molecular weight excluding hydrogens is 510 g/mol. The second-order valence-electron chi connectivity index (χ2n) is 10.5. The molecule has 0 radical (unpaired) electrons. The Bertz CT molecular complexity index is 1410. The van der Waals surface area contributed by atoms with Crippen LogP contribution in [0.15, 0.2) is 83.3 Å². The van der Waals surface area contributed by atoms with Crippen LogP contribution in [0.1, 0.15) is 35.3 Å². The molecule has 2 fully saturated rings. The zero-order valence-electron chi connectivity index (χ0n) is 21.5. The highest BCUT2D eigenvalue weighted by Crippen LogP contribution is 2.50. The van der Waals surface area contributed by atoms with Crippen molar-refractivity contribution >= 4 is 34.8 Å². The molecule has 200 valence electrons. The molecule has 3 aliphatic rings. The van der Waals surface area contributed by atoms with Crippen molar-refractivity contribution in [1.82, 2.24) is 4.90 Å². The van der Waals surface area contributed by atoms with Gasteiger partial charge in [0, 0.05) is 10.8 Å². The number of phenolic OH excluding ortho intramolecular Hbond substituents is 1. The van der Waals surface area contributed by atoms with Crippen molar-refractivity contribution in [1.29, 1.82) is 0 Å². The Morgan fingerprint density at radius 2 is 1.79 bits per heavy atom. The van der Waals surface area contributed by atoms with E-state index >= 15 is 0 Å². The normalized spacial score (nSPS) is 24.8. The smallest absolute Gasteiger partial charge is 0.234 e. The number of phenols is 1. The Morgan fingerprint density at radius 1 is 1.00 bits per heavy atom. The number of thiophene rings is 1. The number of imide groups is 1. The number of nitrogens with zero attached hydrogens (tertiary/aromatic N) is 1. The maximum absolute atomic E-state index is 13.5. The predicted molar refractivity (Wildman–Crippen MR) is 150 cm³/mol. The van der Waals surface area contributed by atoms with Gasteiger partial charge in [-0.2, -0.15) is 0 Å². The van der Waals surface area contributed by atoms with Gasteiger partial charge in [0.05, 0.1) is 37.7 Å². The molecule has 6 nitrogen and oxygen atoms in total. The van der Waals surface area contributed by atoms with Crippen LogP contribution in [0.4, 0.5) is 0 Å². The van der Waals surface area contributed by atoms with Gasteiger partial charge in [-0.1, -0.05) is 54.6 Å². The minimum Gasteiger partial charge on any atom is -0.508 e. The Balaban J connectivity index is 1.24. The number of amides is 2. The first-order valence-electron chi connectivity index (χ1n) is 13.4. The molecule has 3 heterocycles. The highest BCUT2D eigenvalue weighted by molar-refractivity contribution is 7.09. The second-order valence-corrected chi connectivity index (χ2v) is 11.5. The third-order valence-corrected chi connectivity index (χ3v) is 9.10. The first-order valence-corrected chi connectivity index (χ1v) is 14.3. The molecule has 6 rings (SSSR count). The van der Waals surface area contributed by atoms with Crippen LogP contribution in [0.25, 0.3) is 11.6 Å². The highest BCUT2D eigenvalue weighted by Gasteiger charge is 2.56. The summed E-state index contributed by atoms with van der Waals surface area (Å²) in [5.74, 6) is -1.04. The summed E-state index contributed by atoms with van der Waals surface area (Å²) < 4.78 is 6.31. The molecule has 2 N–H and O–H groups in total. The van der Waals surface area contributed by atoms with Gasteiger partial charge in [-0.15, -0.1) is 11.3 Å². The van der Waals surface area contributed by atoms with Crippen molar-refractivity contribution in [3.8, 4) is 5.75 Å². The monoisotopic (exact) mass is 541 g/mol. The molecule has 3 aromatic rings. The summed E-state index contributed by atoms with van der Waals surface area (Å²) >= 11 is 1.54. The van der Waals surface area contributed by atoms with Gasteiger partial charge >= 0.3 is 0 Å². The number of aromatic hydroxyl groups is 1. The van der Waals surface area contributed by atoms with Gasteiger partial charge in [0.25, 0.3) is 0 Å². The number of carbonyl (C=O) groups excluding carboxylic acids is 2. The number of fused-ring (bicyclic) bond motifs is 3. The first-order chi connectivity index (χ1) is 19.0. The van der Waals surface area contributed by atoms with Crippen LogP contribution in [-0.4, -0.2) is 46.2 Å². The molecule has 4 atom stereocenters. The van der Waals surface area contributed by atoms with Crippen molar-refractivity contribution in [2.24, 2.45) is 17.8 Å². The average Bonchev–Trinajstić information content (AvgIpc) is 3.68. The summed E-state index contributed by atoms with van der Waals surface area (Å²) in [5, 5.41) is 22.0. The maximum Gasteiger partial charge on any atom is 0.234 e. The summed E-state index contributed by atoms with van der Waals surface area (Å²) in [7, 11) is 0. The zero-order chi connectivity index (χ0) is 26.9. The molecule has 0 unspecified atom stereocenters. The molecule has 1 aromatic heterocycles. The molecule has 39 heavy (non-hydrogen) atoms. The number of hydrogen-bond acceptors (Lipinski definition) is 6. The number of aliphatic hydroxyl groups excluding tert-OH is 1. The number of allylic oxidation sites excluding steroid dienone is 1. The quantitative estimate of drug-likeness (QED) is 0.230. The summed E-state index contributed by atoms with van der Waals surface area (Å²) in [4.78, 5) is 29.3. The number of aliphatic hydroxyl groups is 1. The van der Waals surface area contributed by atoms with Gasteiger partial charge in [0.15, 0.2) is 0 Å². The van der Waals surface area contributed by atoms with E-state index in [4.69, 9.17) is 4.74 Å². The predicted octanol–water partition coefficient (Wildman–Crippen LogP) is 5.28. The van der Waals surface area contributed by atoms with E-state index in [-0.39, 0.29) is 36.2 Å². The summed E-state index contributed by atoms with van der Waals surface area (Å²) in [6.07, 6.45) is 3.76. The number of benzene rings is 2. The number of ether oxygens (including phenoxy) is 1. The highest BCUT2D eigenvalue weighted by atomic mass is 32.1. The summed E-state index contributed by atoms with van der Waals surface area (Å²) in [5.41, 5.74) is 5.12. The molecule has 2 aliphatic heterocycles. The Morgan fingerprint density at radius 3 is 2.51 bits per heavy atom. The second kappa shape index (κ2) is 10.9. The third-order valence-electron chi connectivity index (χ3n) is 8.24. The van der Waals surface area contributed by atoms with E-state index in [9.17, 15) is 19.8 Å². The van der Waals surface area contributed by atoms with Crippen LogP contribution in [-0.2, 0) is 20.9 Å². The van der Waals surface area contributed by atoms with E-state index < -0.39 is 11.8 Å². The summed E-state index contributed by atoms with van der Waals surface area (Å²) in [6.45, 7) is 0.570. The minimum absolute atomic E-state index is 0.112. The van der Waals surface area contributed by atoms with Crippen LogP contribution < -0.4 is 0 Å². The van der Waals surface area contributed by atoms with Crippen LogP contribution in [0.5, 0.6) is 5.75 Å². The molecule has 2 amide bonds. The average molecular weight is 542 g/mol. The topological polar surface area (TPSA) is 87.1 Å². The van der Waals surface area contributed by atoms with Crippen molar-refractivity contribution in [2.75, 3.05) is 13.2 Å². The van der Waals surface area contributed by atoms with Gasteiger partial charge < -0.3 is 14.9 Å². The largest absolute Gasteiger partial charge is 0.508 e. The lowest BCUT2D eigenvalue weighted by molar-refractivity contribution is -0.140. The van der Waals surface area contributed by atoms with Crippen LogP contribution in [0.3, 0.4) is 0 Å². The maximum atomic E-state index is 13.5. The van der Waals surface area contributed by atoms with Crippen molar-refractivity contribution in [2.45, 2.75) is 31.9 Å². The molecule has 7 heteroatoms. The fourth-order valence-corrected chi connectivity index (χ4v) is 7.10. The van der Waals surface area contributed by atoms with E-state index in [1.165, 1.54) is 4.90 Å². The van der Waals surface area contributed by atoms with Crippen molar-refractivity contribution in [3.63, 3.8) is 0 Å². The van der Waals surface area contributed by atoms with Gasteiger partial charge in [-0.25, -0.2) is 0 Å². The summed E-state index contributed by atoms with van der Waals surface area (Å²) in [6, 6.07) is 21.2. The zero-order valence-corrected chi connectivity index (χ0v) is 22.3. The van der Waals surface area contributed by atoms with E-state index in [0.717, 1.165) is 39.1 Å². The van der Waals surface area contributed by atoms with E-state index in [0.29, 0.717) is 26.0 Å². The minimum atomic E-state index is -0.426. The van der Waals surface area contributed by atoms with Crippen LogP contribution >= 0.6 is 11.3 Å². The third kappa shape index (κ3) is 4.98. The standard InChI is InChI=1S/C32H31NO5S/c34-18-23-16-26-30(32(37)33(31(26)36)17-25-7-4-14-39-25)27-19-38-28(29(23)27)13-10-22(21-5-2-1-3-6-21)15-20-8-11-24(35)12-9-20/h1-9,11-12,14-15,26-28,30,34-35H,10,13,16-19H2/b22-15-/t26-,27+,28-,30-/m1/s1. The number of likely N-dealkylation sites (tertiary alicyclic amines) is 1. The van der Waals surface area contributed by atoms with E-state index in [1.807, 2.05) is 47.8 Å². The van der Waals surface area contributed by atoms with Gasteiger partial charge in [-0.05, 0) is 70.7 Å². The van der Waals surface area contributed by atoms with Crippen LogP contribution in [0, 0.1) is 17.8 Å². The lowest BCUT2D eigenvalue weighted by Gasteiger charge is -2.31. The number of rotatable bonds is 8. The molecule has 0 spiro atoms. The molecule has 0 bridgehead atoms. The fourth-order valence-electron chi connectivity index (χ4n) is 6.41. The Labute approximate surface area is 231 Å². The van der Waals surface area contributed by atoms with Gasteiger partial charge in [0.1, 0.15) is 5.75 Å². The van der Waals surface area contributed by atoms with E-state index in [1.54, 1.807) is 23.5 Å². The Kier molecular flexibility index (Phi) is 7.21. The first kappa shape index (κ1) is 25.7. The van der Waals surface area contributed by atoms with Gasteiger partial charge in [0.2, 0.25) is 11.8 Å². The lowest BCUT2D eigenvalue weighted by atomic mass is 9.69. The van der Waals surface area contributed by atoms with Crippen molar-refractivity contribution < 1.29 is 24.5 Å². The van der Waals surface area contributed by atoms with Crippen molar-refractivity contribution in [3.05, 3.63) is 99.3 Å². The molecule has 0 saturated carbocycles. The van der Waals surface area contributed by atoms with Crippen LogP contribution in [0.2, 0.25) is 0 Å². The molecular formula is C32H31NO5S. The molecule has 2 saturated heterocycles. The fraction of sp³-hybridized carbons (Fsp3) is 0.312. The lowest BCUT2D eigenvalue weighted by Crippen LogP contribution is -2.34. The Hall–Kier alpha value is -3.52. The van der Waals surface area contributed by atoms with Gasteiger partial charge in [-0.3, -0.25) is 14.5 Å². The number of carbonyl (C=O) groups is 2. The molecule has 1 aliphatic carbocycles. The SMILES string of the molecule is O=C1[C@@H]2[C@@H](CC(CO)=C3[C@@H](CC/C(=C/c4ccc(O)cc4)c4ccccc4)OC[C@@H]32)C(=O)N1Cc1cccs1. The number of hydrogen-bond donors (Lipinski definition) is 2. The van der Waals surface area contributed by atoms with E-state index in [2.05, 4.69) is 18.2 Å².